The van der Waals surface area contributed by atoms with Crippen LogP contribution in [0.15, 0.2) is 24.3 Å². The highest BCUT2D eigenvalue weighted by atomic mass is 16.5. The summed E-state index contributed by atoms with van der Waals surface area (Å²) in [6.07, 6.45) is 0.0439. The quantitative estimate of drug-likeness (QED) is 0.812. The Kier molecular flexibility index (Phi) is 4.39. The molecule has 0 saturated carbocycles. The lowest BCUT2D eigenvalue weighted by Crippen LogP contribution is -2.43. The predicted molar refractivity (Wildman–Crippen MR) is 73.1 cm³/mol. The molecule has 2 N–H and O–H groups in total. The first kappa shape index (κ1) is 13.8. The molecule has 1 aromatic rings. The molecule has 0 unspecified atom stereocenters. The summed E-state index contributed by atoms with van der Waals surface area (Å²) in [4.78, 5) is 13.8. The van der Waals surface area contributed by atoms with E-state index in [0.29, 0.717) is 6.42 Å². The SMILES string of the molecule is COC[C@@H](O)CN(C)C(=O)[C@@H]1Cc2ccccc2N1. The first-order valence-corrected chi connectivity index (χ1v) is 6.38. The third kappa shape index (κ3) is 3.24. The van der Waals surface area contributed by atoms with Gasteiger partial charge in [-0.25, -0.2) is 0 Å². The van der Waals surface area contributed by atoms with Gasteiger partial charge < -0.3 is 20.1 Å². The van der Waals surface area contributed by atoms with Gasteiger partial charge in [0.25, 0.3) is 0 Å². The van der Waals surface area contributed by atoms with Crippen LogP contribution in [0.1, 0.15) is 5.56 Å². The second-order valence-electron chi connectivity index (χ2n) is 4.89. The summed E-state index contributed by atoms with van der Waals surface area (Å²) in [6, 6.07) is 7.68. The number of aliphatic hydroxyl groups is 1. The van der Waals surface area contributed by atoms with E-state index in [1.165, 1.54) is 7.11 Å². The molecular weight excluding hydrogens is 244 g/mol. The number of nitrogens with one attached hydrogen (secondary N) is 1. The number of methoxy groups -OCH3 is 1. The van der Waals surface area contributed by atoms with E-state index in [2.05, 4.69) is 5.32 Å². The molecule has 0 fully saturated rings. The van der Waals surface area contributed by atoms with Crippen molar-refractivity contribution in [3.05, 3.63) is 29.8 Å². The Hall–Kier alpha value is -1.59. The Labute approximate surface area is 113 Å². The minimum atomic E-state index is -0.650. The Bertz CT molecular complexity index is 425. The number of amides is 1. The fraction of sp³-hybridized carbons (Fsp3) is 0.500. The number of rotatable bonds is 5. The molecule has 1 aromatic carbocycles. The van der Waals surface area contributed by atoms with E-state index in [1.807, 2.05) is 24.3 Å². The Morgan fingerprint density at radius 1 is 1.58 bits per heavy atom. The van der Waals surface area contributed by atoms with Crippen molar-refractivity contribution >= 4 is 11.6 Å². The van der Waals surface area contributed by atoms with Gasteiger partial charge in [0.2, 0.25) is 5.91 Å². The number of likely N-dealkylation sites (N-methyl/N-ethyl adjacent to an activating group) is 1. The molecule has 0 aromatic heterocycles. The molecule has 19 heavy (non-hydrogen) atoms. The molecule has 0 saturated heterocycles. The number of carbonyl (C=O) groups is 1. The van der Waals surface area contributed by atoms with E-state index in [1.54, 1.807) is 11.9 Å². The summed E-state index contributed by atoms with van der Waals surface area (Å²) in [5.74, 6) is -0.00801. The van der Waals surface area contributed by atoms with Crippen LogP contribution in [0.3, 0.4) is 0 Å². The maximum Gasteiger partial charge on any atom is 0.245 e. The van der Waals surface area contributed by atoms with Crippen molar-refractivity contribution in [1.29, 1.82) is 0 Å². The zero-order chi connectivity index (χ0) is 13.8. The van der Waals surface area contributed by atoms with Crippen LogP contribution in [0.2, 0.25) is 0 Å². The van der Waals surface area contributed by atoms with Gasteiger partial charge in [0, 0.05) is 32.8 Å². The normalized spacial score (nSPS) is 18.6. The lowest BCUT2D eigenvalue weighted by atomic mass is 10.1. The topological polar surface area (TPSA) is 61.8 Å². The molecule has 0 bridgehead atoms. The predicted octanol–water partition coefficient (Wildman–Crippen LogP) is 0.489. The smallest absolute Gasteiger partial charge is 0.245 e. The Morgan fingerprint density at radius 3 is 3.00 bits per heavy atom. The maximum atomic E-state index is 12.3. The van der Waals surface area contributed by atoms with Crippen LogP contribution in [-0.4, -0.2) is 55.4 Å². The number of hydrogen-bond donors (Lipinski definition) is 2. The average Bonchev–Trinajstić information content (AvgIpc) is 2.81. The highest BCUT2D eigenvalue weighted by molar-refractivity contribution is 5.87. The van der Waals surface area contributed by atoms with Gasteiger partial charge in [0.15, 0.2) is 0 Å². The van der Waals surface area contributed by atoms with E-state index in [4.69, 9.17) is 4.74 Å². The number of ether oxygens (including phenoxy) is 1. The summed E-state index contributed by atoms with van der Waals surface area (Å²) < 4.78 is 4.86. The van der Waals surface area contributed by atoms with E-state index < -0.39 is 6.10 Å². The van der Waals surface area contributed by atoms with E-state index in [-0.39, 0.29) is 25.1 Å². The second-order valence-corrected chi connectivity index (χ2v) is 4.89. The molecule has 0 spiro atoms. The second kappa shape index (κ2) is 6.04. The third-order valence-corrected chi connectivity index (χ3v) is 3.29. The largest absolute Gasteiger partial charge is 0.389 e. The number of aliphatic hydroxyl groups excluding tert-OH is 1. The van der Waals surface area contributed by atoms with Crippen molar-refractivity contribution in [1.82, 2.24) is 4.90 Å². The molecule has 1 amide bonds. The van der Waals surface area contributed by atoms with Crippen LogP contribution in [0.5, 0.6) is 0 Å². The molecule has 0 radical (unpaired) electrons. The van der Waals surface area contributed by atoms with Crippen LogP contribution in [-0.2, 0) is 16.0 Å². The molecule has 0 aliphatic carbocycles. The molecule has 1 heterocycles. The summed E-state index contributed by atoms with van der Waals surface area (Å²) in [7, 11) is 3.23. The lowest BCUT2D eigenvalue weighted by Gasteiger charge is -2.23. The van der Waals surface area contributed by atoms with Crippen LogP contribution in [0.25, 0.3) is 0 Å². The summed E-state index contributed by atoms with van der Waals surface area (Å²) in [5, 5.41) is 12.9. The van der Waals surface area contributed by atoms with Gasteiger partial charge in [-0.3, -0.25) is 4.79 Å². The van der Waals surface area contributed by atoms with Crippen molar-refractivity contribution in [2.24, 2.45) is 0 Å². The molecule has 104 valence electrons. The monoisotopic (exact) mass is 264 g/mol. The van der Waals surface area contributed by atoms with Gasteiger partial charge in [-0.15, -0.1) is 0 Å². The molecule has 5 nitrogen and oxygen atoms in total. The van der Waals surface area contributed by atoms with Gasteiger partial charge >= 0.3 is 0 Å². The van der Waals surface area contributed by atoms with Gasteiger partial charge in [-0.2, -0.15) is 0 Å². The number of para-hydroxylation sites is 1. The van der Waals surface area contributed by atoms with Crippen LogP contribution < -0.4 is 5.32 Å². The summed E-state index contributed by atoms with van der Waals surface area (Å²) in [5.41, 5.74) is 2.18. The van der Waals surface area contributed by atoms with Crippen molar-refractivity contribution in [2.75, 3.05) is 32.6 Å². The van der Waals surface area contributed by atoms with Crippen LogP contribution >= 0.6 is 0 Å². The van der Waals surface area contributed by atoms with E-state index >= 15 is 0 Å². The van der Waals surface area contributed by atoms with Crippen molar-refractivity contribution in [3.63, 3.8) is 0 Å². The minimum absolute atomic E-state index is 0.00801. The standard InChI is InChI=1S/C14H20N2O3/c1-16(8-11(17)9-19-2)14(18)13-7-10-5-3-4-6-12(10)15-13/h3-6,11,13,15,17H,7-9H2,1-2H3/t11-,13-/m0/s1. The van der Waals surface area contributed by atoms with Gasteiger partial charge in [0.1, 0.15) is 6.04 Å². The first-order valence-electron chi connectivity index (χ1n) is 6.38. The average molecular weight is 264 g/mol. The summed E-state index contributed by atoms with van der Waals surface area (Å²) in [6.45, 7) is 0.511. The van der Waals surface area contributed by atoms with E-state index in [0.717, 1.165) is 11.3 Å². The highest BCUT2D eigenvalue weighted by Gasteiger charge is 2.29. The van der Waals surface area contributed by atoms with Gasteiger partial charge in [-0.05, 0) is 11.6 Å². The Morgan fingerprint density at radius 2 is 2.32 bits per heavy atom. The van der Waals surface area contributed by atoms with Gasteiger partial charge in [-0.1, -0.05) is 18.2 Å². The van der Waals surface area contributed by atoms with Crippen molar-refractivity contribution in [3.8, 4) is 0 Å². The fourth-order valence-electron chi connectivity index (χ4n) is 2.36. The molecule has 5 heteroatoms. The highest BCUT2D eigenvalue weighted by Crippen LogP contribution is 2.25. The number of fused-ring (bicyclic) bond motifs is 1. The molecular formula is C14H20N2O3. The molecule has 2 rings (SSSR count). The number of carbonyl (C=O) groups excluding carboxylic acids is 1. The van der Waals surface area contributed by atoms with Crippen LogP contribution in [0, 0.1) is 0 Å². The van der Waals surface area contributed by atoms with Gasteiger partial charge in [0.05, 0.1) is 12.7 Å². The maximum absolute atomic E-state index is 12.3. The number of benzene rings is 1. The summed E-state index contributed by atoms with van der Waals surface area (Å²) >= 11 is 0. The zero-order valence-corrected chi connectivity index (χ0v) is 11.3. The van der Waals surface area contributed by atoms with Crippen molar-refractivity contribution < 1.29 is 14.6 Å². The Balaban J connectivity index is 1.91. The van der Waals surface area contributed by atoms with Crippen molar-refractivity contribution in [2.45, 2.75) is 18.6 Å². The van der Waals surface area contributed by atoms with E-state index in [9.17, 15) is 9.90 Å². The lowest BCUT2D eigenvalue weighted by molar-refractivity contribution is -0.132. The molecule has 1 aliphatic heterocycles. The number of hydrogen-bond acceptors (Lipinski definition) is 4. The number of nitrogens with zero attached hydrogens (tertiary/aromatic N) is 1. The zero-order valence-electron chi connectivity index (χ0n) is 11.3. The fourth-order valence-corrected chi connectivity index (χ4v) is 2.36. The molecule has 2 atom stereocenters. The van der Waals surface area contributed by atoms with Crippen LogP contribution in [0.4, 0.5) is 5.69 Å². The minimum Gasteiger partial charge on any atom is -0.389 e. The number of anilines is 1. The molecule has 1 aliphatic rings. The third-order valence-electron chi connectivity index (χ3n) is 3.29. The first-order chi connectivity index (χ1) is 9.11.